The molecule has 0 saturated carbocycles. The van der Waals surface area contributed by atoms with Crippen molar-refractivity contribution in [2.45, 2.75) is 52.9 Å². The van der Waals surface area contributed by atoms with Crippen molar-refractivity contribution in [3.63, 3.8) is 0 Å². The average molecular weight is 447 g/mol. The first-order valence-electron chi connectivity index (χ1n) is 11.4. The fourth-order valence-corrected chi connectivity index (χ4v) is 3.64. The van der Waals surface area contributed by atoms with Crippen molar-refractivity contribution >= 4 is 11.8 Å². The molecule has 0 fully saturated rings. The molecule has 0 bridgehead atoms. The Hall–Kier alpha value is -3.41. The molecule has 0 aliphatic heterocycles. The zero-order valence-corrected chi connectivity index (χ0v) is 20.2. The Kier molecular flexibility index (Phi) is 7.69. The minimum absolute atomic E-state index is 0.0487. The van der Waals surface area contributed by atoms with Gasteiger partial charge < -0.3 is 10.6 Å². The highest BCUT2D eigenvalue weighted by atomic mass is 16.2. The first kappa shape index (κ1) is 24.2. The quantitative estimate of drug-likeness (QED) is 0.543. The predicted octanol–water partition coefficient (Wildman–Crippen LogP) is 4.27. The van der Waals surface area contributed by atoms with Crippen molar-refractivity contribution in [1.29, 1.82) is 0 Å². The van der Waals surface area contributed by atoms with Crippen LogP contribution in [0, 0.1) is 13.8 Å². The first-order valence-corrected chi connectivity index (χ1v) is 11.4. The molecule has 3 rings (SSSR count). The molecule has 0 spiro atoms. The lowest BCUT2D eigenvalue weighted by molar-refractivity contribution is -0.120. The lowest BCUT2D eigenvalue weighted by atomic mass is 9.87. The van der Waals surface area contributed by atoms with Crippen LogP contribution in [-0.2, 0) is 16.6 Å². The molecule has 1 heterocycles. The lowest BCUT2D eigenvalue weighted by Crippen LogP contribution is -2.31. The molecule has 0 saturated heterocycles. The molecule has 2 aromatic carbocycles. The van der Waals surface area contributed by atoms with Crippen LogP contribution in [0.1, 0.15) is 60.1 Å². The Balaban J connectivity index is 1.37. The molecule has 0 radical (unpaired) electrons. The van der Waals surface area contributed by atoms with E-state index >= 15 is 0 Å². The fourth-order valence-electron chi connectivity index (χ4n) is 3.64. The second-order valence-corrected chi connectivity index (χ2v) is 9.44. The molecule has 174 valence electrons. The van der Waals surface area contributed by atoms with E-state index < -0.39 is 0 Å². The van der Waals surface area contributed by atoms with E-state index in [4.69, 9.17) is 0 Å². The summed E-state index contributed by atoms with van der Waals surface area (Å²) in [6.45, 7) is 11.3. The highest BCUT2D eigenvalue weighted by Crippen LogP contribution is 2.22. The topological polar surface area (TPSA) is 76.0 Å². The second kappa shape index (κ2) is 10.5. The van der Waals surface area contributed by atoms with Gasteiger partial charge in [0, 0.05) is 30.8 Å². The van der Waals surface area contributed by atoms with E-state index in [-0.39, 0.29) is 23.7 Å². The van der Waals surface area contributed by atoms with Gasteiger partial charge in [-0.2, -0.15) is 5.10 Å². The van der Waals surface area contributed by atoms with Crippen LogP contribution in [0.5, 0.6) is 0 Å². The Morgan fingerprint density at radius 1 is 0.909 bits per heavy atom. The van der Waals surface area contributed by atoms with Crippen LogP contribution >= 0.6 is 0 Å². The SMILES string of the molecule is Cc1cc(C)n(-c2ccc(CCNC(=O)CCNC(=O)c3ccc(C(C)(C)C)cc3)cc2)n1. The number of aromatic nitrogens is 2. The van der Waals surface area contributed by atoms with Gasteiger partial charge in [0.05, 0.1) is 11.4 Å². The van der Waals surface area contributed by atoms with Gasteiger partial charge in [-0.25, -0.2) is 4.68 Å². The van der Waals surface area contributed by atoms with E-state index in [1.165, 1.54) is 5.56 Å². The van der Waals surface area contributed by atoms with Crippen LogP contribution in [0.2, 0.25) is 0 Å². The van der Waals surface area contributed by atoms with Gasteiger partial charge in [-0.15, -0.1) is 0 Å². The Morgan fingerprint density at radius 2 is 1.58 bits per heavy atom. The molecule has 2 N–H and O–H groups in total. The van der Waals surface area contributed by atoms with Gasteiger partial charge >= 0.3 is 0 Å². The number of carbonyl (C=O) groups is 2. The minimum atomic E-state index is -0.161. The number of rotatable bonds is 8. The summed E-state index contributed by atoms with van der Waals surface area (Å²) in [7, 11) is 0. The molecule has 0 unspecified atom stereocenters. The second-order valence-electron chi connectivity index (χ2n) is 9.44. The highest BCUT2D eigenvalue weighted by molar-refractivity contribution is 5.94. The van der Waals surface area contributed by atoms with Crippen LogP contribution in [-0.4, -0.2) is 34.7 Å². The summed E-state index contributed by atoms with van der Waals surface area (Å²) in [5, 5.41) is 10.2. The molecule has 0 atom stereocenters. The van der Waals surface area contributed by atoms with Crippen LogP contribution in [0.3, 0.4) is 0 Å². The number of hydrogen-bond acceptors (Lipinski definition) is 3. The van der Waals surface area contributed by atoms with Crippen molar-refractivity contribution in [3.05, 3.63) is 82.7 Å². The van der Waals surface area contributed by atoms with Crippen LogP contribution < -0.4 is 10.6 Å². The molecule has 6 heteroatoms. The lowest BCUT2D eigenvalue weighted by Gasteiger charge is -2.19. The molecule has 33 heavy (non-hydrogen) atoms. The van der Waals surface area contributed by atoms with Gasteiger partial charge in [0.25, 0.3) is 5.91 Å². The summed E-state index contributed by atoms with van der Waals surface area (Å²) in [5.74, 6) is -0.233. The number of nitrogens with zero attached hydrogens (tertiary/aromatic N) is 2. The maximum atomic E-state index is 12.3. The van der Waals surface area contributed by atoms with Crippen LogP contribution in [0.15, 0.2) is 54.6 Å². The normalized spacial score (nSPS) is 11.3. The minimum Gasteiger partial charge on any atom is -0.356 e. The van der Waals surface area contributed by atoms with Gasteiger partial charge in [-0.05, 0) is 67.1 Å². The van der Waals surface area contributed by atoms with E-state index in [1.54, 1.807) is 0 Å². The number of carbonyl (C=O) groups excluding carboxylic acids is 2. The number of nitrogens with one attached hydrogen (secondary N) is 2. The van der Waals surface area contributed by atoms with E-state index in [2.05, 4.69) is 54.7 Å². The van der Waals surface area contributed by atoms with Gasteiger partial charge in [0.15, 0.2) is 0 Å². The number of amides is 2. The summed E-state index contributed by atoms with van der Waals surface area (Å²) in [5.41, 5.74) is 6.10. The smallest absolute Gasteiger partial charge is 0.251 e. The van der Waals surface area contributed by atoms with Crippen LogP contribution in [0.4, 0.5) is 0 Å². The molecule has 3 aromatic rings. The molecular formula is C27H34N4O2. The standard InChI is InChI=1S/C27H34N4O2/c1-19-18-20(2)31(30-19)24-12-6-21(7-13-24)14-16-28-25(32)15-17-29-26(33)22-8-10-23(11-9-22)27(3,4)5/h6-13,18H,14-17H2,1-5H3,(H,28,32)(H,29,33). The third kappa shape index (κ3) is 6.78. The van der Waals surface area contributed by atoms with Crippen LogP contribution in [0.25, 0.3) is 5.69 Å². The Morgan fingerprint density at radius 3 is 2.15 bits per heavy atom. The van der Waals surface area contributed by atoms with E-state index in [0.29, 0.717) is 18.7 Å². The zero-order chi connectivity index (χ0) is 24.0. The number of aryl methyl sites for hydroxylation is 2. The Bertz CT molecular complexity index is 1090. The predicted molar refractivity (Wildman–Crippen MR) is 132 cm³/mol. The van der Waals surface area contributed by atoms with E-state index in [1.807, 2.05) is 54.9 Å². The largest absolute Gasteiger partial charge is 0.356 e. The van der Waals surface area contributed by atoms with Crippen molar-refractivity contribution < 1.29 is 9.59 Å². The van der Waals surface area contributed by atoms with Gasteiger partial charge in [-0.3, -0.25) is 9.59 Å². The van der Waals surface area contributed by atoms with E-state index in [9.17, 15) is 9.59 Å². The third-order valence-corrected chi connectivity index (χ3v) is 5.58. The first-order chi connectivity index (χ1) is 15.6. The number of benzene rings is 2. The summed E-state index contributed by atoms with van der Waals surface area (Å²) in [6, 6.07) is 17.9. The molecular weight excluding hydrogens is 412 g/mol. The van der Waals surface area contributed by atoms with E-state index in [0.717, 1.165) is 29.1 Å². The van der Waals surface area contributed by atoms with Gasteiger partial charge in [0.2, 0.25) is 5.91 Å². The fraction of sp³-hybridized carbons (Fsp3) is 0.370. The highest BCUT2D eigenvalue weighted by Gasteiger charge is 2.14. The van der Waals surface area contributed by atoms with Crippen molar-refractivity contribution in [2.24, 2.45) is 0 Å². The summed E-state index contributed by atoms with van der Waals surface area (Å²) >= 11 is 0. The summed E-state index contributed by atoms with van der Waals surface area (Å²) in [6.07, 6.45) is 0.998. The molecule has 1 aromatic heterocycles. The number of hydrogen-bond donors (Lipinski definition) is 2. The maximum absolute atomic E-state index is 12.3. The molecule has 2 amide bonds. The molecule has 0 aliphatic carbocycles. The van der Waals surface area contributed by atoms with Gasteiger partial charge in [-0.1, -0.05) is 45.0 Å². The average Bonchev–Trinajstić information content (AvgIpc) is 3.11. The van der Waals surface area contributed by atoms with Crippen molar-refractivity contribution in [1.82, 2.24) is 20.4 Å². The maximum Gasteiger partial charge on any atom is 0.251 e. The third-order valence-electron chi connectivity index (χ3n) is 5.58. The van der Waals surface area contributed by atoms with Gasteiger partial charge in [0.1, 0.15) is 0 Å². The summed E-state index contributed by atoms with van der Waals surface area (Å²) in [4.78, 5) is 24.4. The van der Waals surface area contributed by atoms with Crippen molar-refractivity contribution in [3.8, 4) is 5.69 Å². The Labute approximate surface area is 196 Å². The summed E-state index contributed by atoms with van der Waals surface area (Å²) < 4.78 is 1.92. The monoisotopic (exact) mass is 446 g/mol. The molecule has 0 aliphatic rings. The van der Waals surface area contributed by atoms with Crippen molar-refractivity contribution in [2.75, 3.05) is 13.1 Å². The molecule has 6 nitrogen and oxygen atoms in total. The zero-order valence-electron chi connectivity index (χ0n) is 20.2.